The van der Waals surface area contributed by atoms with Crippen molar-refractivity contribution in [2.45, 2.75) is 20.4 Å². The first-order chi connectivity index (χ1) is 12.7. The number of hydrogen-bond donors (Lipinski definition) is 2. The van der Waals surface area contributed by atoms with Gasteiger partial charge in [-0.3, -0.25) is 0 Å². The normalized spacial score (nSPS) is 11.0. The summed E-state index contributed by atoms with van der Waals surface area (Å²) in [6.45, 7) is 5.15. The lowest BCUT2D eigenvalue weighted by Crippen LogP contribution is -2.19. The van der Waals surface area contributed by atoms with Gasteiger partial charge < -0.3 is 15.2 Å². The minimum atomic E-state index is 0.592. The first kappa shape index (κ1) is 16.6. The molecule has 4 aromatic rings. The number of nitrogens with zero attached hydrogens (tertiary/aromatic N) is 1. The van der Waals surface area contributed by atoms with Crippen molar-refractivity contribution in [2.24, 2.45) is 0 Å². The number of anilines is 2. The van der Waals surface area contributed by atoms with Gasteiger partial charge in [-0.25, -0.2) is 0 Å². The number of thiocarbonyl (C=S) groups is 1. The third kappa shape index (κ3) is 2.93. The van der Waals surface area contributed by atoms with E-state index in [2.05, 4.69) is 83.6 Å². The SMILES string of the molecule is CCn1c2ccccc2c2cccc(NC(=S)Nc3ccc(C)cc3)c21. The van der Waals surface area contributed by atoms with Crippen molar-refractivity contribution >= 4 is 50.5 Å². The summed E-state index contributed by atoms with van der Waals surface area (Å²) in [7, 11) is 0. The Morgan fingerprint density at radius 3 is 2.38 bits per heavy atom. The van der Waals surface area contributed by atoms with Gasteiger partial charge >= 0.3 is 0 Å². The maximum Gasteiger partial charge on any atom is 0.175 e. The zero-order valence-electron chi connectivity index (χ0n) is 14.9. The first-order valence-electron chi connectivity index (χ1n) is 8.82. The minimum absolute atomic E-state index is 0.592. The van der Waals surface area contributed by atoms with Gasteiger partial charge in [0.15, 0.2) is 5.11 Å². The Morgan fingerprint density at radius 2 is 1.62 bits per heavy atom. The van der Waals surface area contributed by atoms with Crippen molar-refractivity contribution in [2.75, 3.05) is 10.6 Å². The second-order valence-corrected chi connectivity index (χ2v) is 6.82. The smallest absolute Gasteiger partial charge is 0.175 e. The molecule has 0 aliphatic heterocycles. The highest BCUT2D eigenvalue weighted by Crippen LogP contribution is 2.33. The monoisotopic (exact) mass is 359 g/mol. The summed E-state index contributed by atoms with van der Waals surface area (Å²) in [6, 6.07) is 23.1. The Bertz CT molecular complexity index is 1090. The van der Waals surface area contributed by atoms with Crippen LogP contribution in [0, 0.1) is 6.92 Å². The lowest BCUT2D eigenvalue weighted by molar-refractivity contribution is 0.828. The van der Waals surface area contributed by atoms with Crippen LogP contribution in [-0.4, -0.2) is 9.68 Å². The number of hydrogen-bond acceptors (Lipinski definition) is 1. The van der Waals surface area contributed by atoms with Crippen LogP contribution in [0.3, 0.4) is 0 Å². The molecule has 0 aliphatic rings. The third-order valence-electron chi connectivity index (χ3n) is 4.66. The van der Waals surface area contributed by atoms with Crippen molar-refractivity contribution in [1.29, 1.82) is 0 Å². The molecule has 1 aromatic heterocycles. The van der Waals surface area contributed by atoms with Crippen LogP contribution in [0.5, 0.6) is 0 Å². The molecule has 0 aliphatic carbocycles. The van der Waals surface area contributed by atoms with E-state index in [9.17, 15) is 0 Å². The number of para-hydroxylation sites is 2. The fourth-order valence-corrected chi connectivity index (χ4v) is 3.69. The van der Waals surface area contributed by atoms with E-state index in [-0.39, 0.29) is 0 Å². The molecule has 3 nitrogen and oxygen atoms in total. The molecule has 4 heteroatoms. The number of fused-ring (bicyclic) bond motifs is 3. The summed E-state index contributed by atoms with van der Waals surface area (Å²) in [5.74, 6) is 0. The molecule has 0 atom stereocenters. The van der Waals surface area contributed by atoms with Crippen LogP contribution >= 0.6 is 12.2 Å². The van der Waals surface area contributed by atoms with Gasteiger partial charge in [-0.05, 0) is 50.3 Å². The molecule has 0 saturated heterocycles. The van der Waals surface area contributed by atoms with Crippen LogP contribution in [0.15, 0.2) is 66.7 Å². The third-order valence-corrected chi connectivity index (χ3v) is 4.87. The van der Waals surface area contributed by atoms with E-state index in [0.29, 0.717) is 5.11 Å². The summed E-state index contributed by atoms with van der Waals surface area (Å²) in [6.07, 6.45) is 0. The number of rotatable bonds is 3. The fraction of sp³-hybridized carbons (Fsp3) is 0.136. The standard InChI is InChI=1S/C22H21N3S/c1-3-25-20-10-5-4-7-17(20)18-8-6-9-19(21(18)25)24-22(26)23-16-13-11-15(2)12-14-16/h4-14H,3H2,1-2H3,(H2,23,24,26). The zero-order chi connectivity index (χ0) is 18.1. The molecule has 0 amide bonds. The predicted octanol–water partition coefficient (Wildman–Crippen LogP) is 5.93. The molecule has 0 radical (unpaired) electrons. The summed E-state index contributed by atoms with van der Waals surface area (Å²) >= 11 is 5.54. The molecule has 0 saturated carbocycles. The van der Waals surface area contributed by atoms with Gasteiger partial charge in [0.25, 0.3) is 0 Å². The summed E-state index contributed by atoms with van der Waals surface area (Å²) < 4.78 is 2.33. The highest BCUT2D eigenvalue weighted by Gasteiger charge is 2.13. The molecule has 0 bridgehead atoms. The molecule has 130 valence electrons. The van der Waals surface area contributed by atoms with E-state index in [1.54, 1.807) is 0 Å². The first-order valence-corrected chi connectivity index (χ1v) is 9.23. The quantitative estimate of drug-likeness (QED) is 0.444. The van der Waals surface area contributed by atoms with Crippen LogP contribution in [-0.2, 0) is 6.54 Å². The van der Waals surface area contributed by atoms with E-state index >= 15 is 0 Å². The topological polar surface area (TPSA) is 29.0 Å². The van der Waals surface area contributed by atoms with Crippen molar-refractivity contribution in [3.63, 3.8) is 0 Å². The summed E-state index contributed by atoms with van der Waals surface area (Å²) in [4.78, 5) is 0. The van der Waals surface area contributed by atoms with Crippen LogP contribution in [0.4, 0.5) is 11.4 Å². The molecule has 0 spiro atoms. The Morgan fingerprint density at radius 1 is 0.885 bits per heavy atom. The maximum absolute atomic E-state index is 5.54. The predicted molar refractivity (Wildman–Crippen MR) is 116 cm³/mol. The van der Waals surface area contributed by atoms with Crippen LogP contribution in [0.2, 0.25) is 0 Å². The molecular weight excluding hydrogens is 338 g/mol. The average molecular weight is 359 g/mol. The molecule has 1 heterocycles. The van der Waals surface area contributed by atoms with E-state index in [1.165, 1.54) is 27.4 Å². The number of benzene rings is 3. The van der Waals surface area contributed by atoms with Crippen LogP contribution in [0.1, 0.15) is 12.5 Å². The van der Waals surface area contributed by atoms with Crippen molar-refractivity contribution < 1.29 is 0 Å². The highest BCUT2D eigenvalue weighted by atomic mass is 32.1. The molecule has 0 fully saturated rings. The summed E-state index contributed by atoms with van der Waals surface area (Å²) in [5, 5.41) is 9.75. The number of aromatic nitrogens is 1. The number of nitrogens with one attached hydrogen (secondary N) is 2. The van der Waals surface area contributed by atoms with E-state index in [4.69, 9.17) is 12.2 Å². The molecule has 26 heavy (non-hydrogen) atoms. The van der Waals surface area contributed by atoms with Gasteiger partial charge in [0, 0.05) is 28.5 Å². The lowest BCUT2D eigenvalue weighted by atomic mass is 10.1. The molecule has 2 N–H and O–H groups in total. The van der Waals surface area contributed by atoms with Crippen molar-refractivity contribution in [3.05, 3.63) is 72.3 Å². The average Bonchev–Trinajstić information content (AvgIpc) is 2.98. The maximum atomic E-state index is 5.54. The van der Waals surface area contributed by atoms with Gasteiger partial charge in [0.2, 0.25) is 0 Å². The molecule has 3 aromatic carbocycles. The Labute approximate surface area is 158 Å². The second-order valence-electron chi connectivity index (χ2n) is 6.41. The largest absolute Gasteiger partial charge is 0.339 e. The lowest BCUT2D eigenvalue weighted by Gasteiger charge is -2.13. The van der Waals surface area contributed by atoms with Gasteiger partial charge in [0.05, 0.1) is 11.2 Å². The fourth-order valence-electron chi connectivity index (χ4n) is 3.46. The van der Waals surface area contributed by atoms with E-state index in [1.807, 2.05) is 12.1 Å². The Kier molecular flexibility index (Phi) is 4.35. The van der Waals surface area contributed by atoms with E-state index < -0.39 is 0 Å². The minimum Gasteiger partial charge on any atom is -0.339 e. The molecule has 4 rings (SSSR count). The van der Waals surface area contributed by atoms with Crippen molar-refractivity contribution in [1.82, 2.24) is 4.57 Å². The molecular formula is C22H21N3S. The van der Waals surface area contributed by atoms with Gasteiger partial charge in [-0.2, -0.15) is 0 Å². The second kappa shape index (κ2) is 6.81. The number of aryl methyl sites for hydroxylation is 2. The Balaban J connectivity index is 1.72. The van der Waals surface area contributed by atoms with Gasteiger partial charge in [-0.15, -0.1) is 0 Å². The summed E-state index contributed by atoms with van der Waals surface area (Å²) in [5.41, 5.74) is 5.66. The van der Waals surface area contributed by atoms with Crippen molar-refractivity contribution in [3.8, 4) is 0 Å². The van der Waals surface area contributed by atoms with E-state index in [0.717, 1.165) is 17.9 Å². The van der Waals surface area contributed by atoms with Gasteiger partial charge in [-0.1, -0.05) is 48.0 Å². The van der Waals surface area contributed by atoms with Crippen LogP contribution < -0.4 is 10.6 Å². The highest BCUT2D eigenvalue weighted by molar-refractivity contribution is 7.80. The van der Waals surface area contributed by atoms with Crippen LogP contribution in [0.25, 0.3) is 21.8 Å². The zero-order valence-corrected chi connectivity index (χ0v) is 15.7. The molecule has 0 unspecified atom stereocenters. The van der Waals surface area contributed by atoms with Gasteiger partial charge in [0.1, 0.15) is 0 Å². The Hall–Kier alpha value is -2.85.